The van der Waals surface area contributed by atoms with E-state index in [9.17, 15) is 23.6 Å². The van der Waals surface area contributed by atoms with Crippen LogP contribution >= 0.6 is 0 Å². The first-order chi connectivity index (χ1) is 9.60. The zero-order chi connectivity index (χ0) is 16.4. The molecule has 118 valence electrons. The summed E-state index contributed by atoms with van der Waals surface area (Å²) < 4.78 is 27.2. The minimum atomic E-state index is -3.94. The molecule has 7 nitrogen and oxygen atoms in total. The zero-order valence-electron chi connectivity index (χ0n) is 12.5. The smallest absolute Gasteiger partial charge is 0.271 e. The first-order valence-corrected chi connectivity index (χ1v) is 7.97. The highest BCUT2D eigenvalue weighted by atomic mass is 32.2. The molecule has 0 aliphatic carbocycles. The summed E-state index contributed by atoms with van der Waals surface area (Å²) in [6, 6.07) is 1.73. The molecule has 1 aromatic carbocycles. The van der Waals surface area contributed by atoms with Gasteiger partial charge < -0.3 is 5.11 Å². The molecule has 0 fully saturated rings. The number of benzene rings is 1. The van der Waals surface area contributed by atoms with Gasteiger partial charge in [0.15, 0.2) is 0 Å². The van der Waals surface area contributed by atoms with E-state index >= 15 is 0 Å². The second-order valence-electron chi connectivity index (χ2n) is 5.30. The number of aliphatic hydroxyl groups excluding tert-OH is 1. The van der Waals surface area contributed by atoms with Gasteiger partial charge in [-0.25, -0.2) is 13.1 Å². The lowest BCUT2D eigenvalue weighted by molar-refractivity contribution is -0.385. The number of rotatable bonds is 6. The molecule has 1 atom stereocenters. The van der Waals surface area contributed by atoms with Crippen molar-refractivity contribution in [1.82, 2.24) is 4.72 Å². The molecule has 0 saturated heterocycles. The second-order valence-corrected chi connectivity index (χ2v) is 6.98. The van der Waals surface area contributed by atoms with Gasteiger partial charge in [-0.3, -0.25) is 10.1 Å². The summed E-state index contributed by atoms with van der Waals surface area (Å²) in [6.07, 6.45) is 0. The number of nitrogens with zero attached hydrogens (tertiary/aromatic N) is 1. The van der Waals surface area contributed by atoms with Gasteiger partial charge >= 0.3 is 0 Å². The van der Waals surface area contributed by atoms with Crippen LogP contribution < -0.4 is 4.72 Å². The Bertz CT molecular complexity index is 640. The van der Waals surface area contributed by atoms with Crippen molar-refractivity contribution in [2.24, 2.45) is 5.92 Å². The number of sulfonamides is 1. The van der Waals surface area contributed by atoms with Crippen molar-refractivity contribution >= 4 is 15.7 Å². The number of hydrogen-bond donors (Lipinski definition) is 2. The first kappa shape index (κ1) is 17.5. The number of aryl methyl sites for hydroxylation is 1. The van der Waals surface area contributed by atoms with E-state index in [1.165, 1.54) is 6.07 Å². The Hall–Kier alpha value is -1.51. The topological polar surface area (TPSA) is 110 Å². The van der Waals surface area contributed by atoms with Crippen molar-refractivity contribution in [3.63, 3.8) is 0 Å². The standard InChI is InChI=1S/C13H20N2O5S/c1-8(2)12(7-16)14-21(19,20)13-6-11(15(17)18)5-9(3)10(13)4/h5-6,8,12,14,16H,7H2,1-4H3. The normalized spacial score (nSPS) is 13.4. The lowest BCUT2D eigenvalue weighted by Gasteiger charge is -2.20. The molecule has 0 heterocycles. The fraction of sp³-hybridized carbons (Fsp3) is 0.538. The van der Waals surface area contributed by atoms with Gasteiger partial charge in [-0.1, -0.05) is 13.8 Å². The molecule has 0 aliphatic heterocycles. The molecule has 1 rings (SSSR count). The number of non-ortho nitro benzene ring substituents is 1. The molecule has 0 aromatic heterocycles. The molecular weight excluding hydrogens is 296 g/mol. The highest BCUT2D eigenvalue weighted by molar-refractivity contribution is 7.89. The summed E-state index contributed by atoms with van der Waals surface area (Å²) in [7, 11) is -3.94. The third kappa shape index (κ3) is 3.99. The Morgan fingerprint density at radius 2 is 1.90 bits per heavy atom. The SMILES string of the molecule is Cc1cc([N+](=O)[O-])cc(S(=O)(=O)NC(CO)C(C)C)c1C. The molecule has 0 bridgehead atoms. The summed E-state index contributed by atoms with van der Waals surface area (Å²) >= 11 is 0. The first-order valence-electron chi connectivity index (χ1n) is 6.49. The van der Waals surface area contributed by atoms with Crippen LogP contribution in [0.25, 0.3) is 0 Å². The van der Waals surface area contributed by atoms with Crippen molar-refractivity contribution < 1.29 is 18.4 Å². The fourth-order valence-corrected chi connectivity index (χ4v) is 3.55. The second kappa shape index (κ2) is 6.50. The van der Waals surface area contributed by atoms with Gasteiger partial charge in [0.1, 0.15) is 0 Å². The lowest BCUT2D eigenvalue weighted by atomic mass is 10.1. The largest absolute Gasteiger partial charge is 0.395 e. The van der Waals surface area contributed by atoms with Crippen LogP contribution in [0.5, 0.6) is 0 Å². The predicted octanol–water partition coefficient (Wildman–Crippen LogP) is 1.51. The van der Waals surface area contributed by atoms with Crippen molar-refractivity contribution in [3.8, 4) is 0 Å². The molecule has 1 aromatic rings. The summed E-state index contributed by atoms with van der Waals surface area (Å²) in [6.45, 7) is 6.41. The summed E-state index contributed by atoms with van der Waals surface area (Å²) in [4.78, 5) is 10.1. The molecule has 0 radical (unpaired) electrons. The quantitative estimate of drug-likeness (QED) is 0.610. The van der Waals surface area contributed by atoms with Crippen molar-refractivity contribution in [1.29, 1.82) is 0 Å². The van der Waals surface area contributed by atoms with Gasteiger partial charge in [0.25, 0.3) is 5.69 Å². The van der Waals surface area contributed by atoms with E-state index in [4.69, 9.17) is 0 Å². The monoisotopic (exact) mass is 316 g/mol. The van der Waals surface area contributed by atoms with E-state index in [0.717, 1.165) is 6.07 Å². The minimum Gasteiger partial charge on any atom is -0.395 e. The third-order valence-corrected chi connectivity index (χ3v) is 5.03. The molecule has 0 saturated carbocycles. The van der Waals surface area contributed by atoms with E-state index in [1.54, 1.807) is 27.7 Å². The molecule has 2 N–H and O–H groups in total. The molecular formula is C13H20N2O5S. The van der Waals surface area contributed by atoms with E-state index in [1.807, 2.05) is 0 Å². The average molecular weight is 316 g/mol. The highest BCUT2D eigenvalue weighted by Crippen LogP contribution is 2.25. The summed E-state index contributed by atoms with van der Waals surface area (Å²) in [5.41, 5.74) is 0.701. The van der Waals surface area contributed by atoms with Crippen LogP contribution in [0, 0.1) is 29.9 Å². The number of nitro groups is 1. The maximum atomic E-state index is 12.4. The molecule has 21 heavy (non-hydrogen) atoms. The number of hydrogen-bond acceptors (Lipinski definition) is 5. The van der Waals surface area contributed by atoms with Crippen molar-refractivity contribution in [2.45, 2.75) is 38.6 Å². The average Bonchev–Trinajstić information content (AvgIpc) is 2.38. The Morgan fingerprint density at radius 3 is 2.33 bits per heavy atom. The maximum Gasteiger partial charge on any atom is 0.271 e. The van der Waals surface area contributed by atoms with Crippen LogP contribution in [0.4, 0.5) is 5.69 Å². The van der Waals surface area contributed by atoms with E-state index in [0.29, 0.717) is 11.1 Å². The maximum absolute atomic E-state index is 12.4. The van der Waals surface area contributed by atoms with Crippen molar-refractivity contribution in [2.75, 3.05) is 6.61 Å². The molecule has 0 amide bonds. The molecule has 0 spiro atoms. The fourth-order valence-electron chi connectivity index (χ4n) is 1.84. The Labute approximate surface area is 124 Å². The number of nitrogens with one attached hydrogen (secondary N) is 1. The third-order valence-electron chi connectivity index (χ3n) is 3.41. The van der Waals surface area contributed by atoms with Gasteiger partial charge in [-0.2, -0.15) is 0 Å². The van der Waals surface area contributed by atoms with E-state index < -0.39 is 21.0 Å². The van der Waals surface area contributed by atoms with Gasteiger partial charge in [-0.05, 0) is 30.9 Å². The van der Waals surface area contributed by atoms with Crippen LogP contribution in [-0.4, -0.2) is 31.1 Å². The van der Waals surface area contributed by atoms with Gasteiger partial charge in [0.2, 0.25) is 10.0 Å². The van der Waals surface area contributed by atoms with Crippen LogP contribution in [-0.2, 0) is 10.0 Å². The Kier molecular flexibility index (Phi) is 5.43. The van der Waals surface area contributed by atoms with Crippen LogP contribution in [0.3, 0.4) is 0 Å². The number of aliphatic hydroxyl groups is 1. The van der Waals surface area contributed by atoms with Crippen molar-refractivity contribution in [3.05, 3.63) is 33.4 Å². The van der Waals surface area contributed by atoms with Crippen LogP contribution in [0.2, 0.25) is 0 Å². The van der Waals surface area contributed by atoms with Crippen LogP contribution in [0.15, 0.2) is 17.0 Å². The Balaban J connectivity index is 3.34. The van der Waals surface area contributed by atoms with E-state index in [-0.39, 0.29) is 23.1 Å². The molecule has 8 heteroatoms. The molecule has 1 unspecified atom stereocenters. The number of nitro benzene ring substituents is 1. The van der Waals surface area contributed by atoms with Crippen LogP contribution in [0.1, 0.15) is 25.0 Å². The van der Waals surface area contributed by atoms with E-state index in [2.05, 4.69) is 4.72 Å². The predicted molar refractivity (Wildman–Crippen MR) is 78.6 cm³/mol. The minimum absolute atomic E-state index is 0.107. The zero-order valence-corrected chi connectivity index (χ0v) is 13.3. The van der Waals surface area contributed by atoms with Gasteiger partial charge in [-0.15, -0.1) is 0 Å². The lowest BCUT2D eigenvalue weighted by Crippen LogP contribution is -2.41. The summed E-state index contributed by atoms with van der Waals surface area (Å²) in [5.74, 6) is -0.107. The highest BCUT2D eigenvalue weighted by Gasteiger charge is 2.26. The molecule has 0 aliphatic rings. The Morgan fingerprint density at radius 1 is 1.33 bits per heavy atom. The summed E-state index contributed by atoms with van der Waals surface area (Å²) in [5, 5.41) is 20.1. The van der Waals surface area contributed by atoms with Gasteiger partial charge in [0, 0.05) is 18.2 Å². The van der Waals surface area contributed by atoms with Gasteiger partial charge in [0.05, 0.1) is 16.4 Å².